The summed E-state index contributed by atoms with van der Waals surface area (Å²) >= 11 is 4.93. The maximum atomic E-state index is 12.6. The van der Waals surface area contributed by atoms with E-state index in [0.717, 1.165) is 15.8 Å². The van der Waals surface area contributed by atoms with Crippen LogP contribution in [0, 0.1) is 0 Å². The average Bonchev–Trinajstić information content (AvgIpc) is 2.97. The van der Waals surface area contributed by atoms with E-state index in [0.29, 0.717) is 18.0 Å². The highest BCUT2D eigenvalue weighted by molar-refractivity contribution is 9.08. The predicted octanol–water partition coefficient (Wildman–Crippen LogP) is 3.85. The Balaban J connectivity index is 2.26. The van der Waals surface area contributed by atoms with Gasteiger partial charge in [-0.3, -0.25) is 0 Å². The number of benzene rings is 1. The highest BCUT2D eigenvalue weighted by Gasteiger charge is 2.23. The quantitative estimate of drug-likeness (QED) is 0.721. The molecular weight excluding hydrogens is 358 g/mol. The normalized spacial score (nSPS) is 11.9. The minimum atomic E-state index is -3.43. The van der Waals surface area contributed by atoms with E-state index in [9.17, 15) is 8.42 Å². The van der Waals surface area contributed by atoms with E-state index in [1.54, 1.807) is 23.5 Å². The van der Waals surface area contributed by atoms with E-state index in [1.165, 1.54) is 4.31 Å². The summed E-state index contributed by atoms with van der Waals surface area (Å²) < 4.78 is 26.7. The lowest BCUT2D eigenvalue weighted by atomic mass is 10.2. The SMILES string of the molecule is CCN(Cc1cccs1)S(=O)(=O)c1ccc(CBr)cc1. The highest BCUT2D eigenvalue weighted by Crippen LogP contribution is 2.21. The monoisotopic (exact) mass is 373 g/mol. The molecule has 0 bridgehead atoms. The van der Waals surface area contributed by atoms with E-state index >= 15 is 0 Å². The van der Waals surface area contributed by atoms with Crippen molar-refractivity contribution in [3.63, 3.8) is 0 Å². The minimum absolute atomic E-state index is 0.348. The molecule has 0 amide bonds. The molecule has 1 heterocycles. The average molecular weight is 374 g/mol. The van der Waals surface area contributed by atoms with Gasteiger partial charge in [-0.2, -0.15) is 4.31 Å². The standard InChI is InChI=1S/C14H16BrNO2S2/c1-2-16(11-13-4-3-9-19-13)20(17,18)14-7-5-12(10-15)6-8-14/h3-9H,2,10-11H2,1H3. The van der Waals surface area contributed by atoms with Crippen molar-refractivity contribution in [3.8, 4) is 0 Å². The van der Waals surface area contributed by atoms with Crippen molar-refractivity contribution in [3.05, 3.63) is 52.2 Å². The Hall–Kier alpha value is -0.690. The van der Waals surface area contributed by atoms with Crippen LogP contribution in [0.15, 0.2) is 46.7 Å². The molecule has 2 aromatic rings. The van der Waals surface area contributed by atoms with E-state index in [1.807, 2.05) is 36.6 Å². The smallest absolute Gasteiger partial charge is 0.207 e. The number of sulfonamides is 1. The zero-order chi connectivity index (χ0) is 14.6. The van der Waals surface area contributed by atoms with Gasteiger partial charge in [0, 0.05) is 23.3 Å². The largest absolute Gasteiger partial charge is 0.243 e. The van der Waals surface area contributed by atoms with Crippen molar-refractivity contribution in [1.29, 1.82) is 0 Å². The summed E-state index contributed by atoms with van der Waals surface area (Å²) in [6.45, 7) is 2.75. The fourth-order valence-electron chi connectivity index (χ4n) is 1.84. The molecule has 0 aliphatic rings. The lowest BCUT2D eigenvalue weighted by Gasteiger charge is -2.20. The van der Waals surface area contributed by atoms with Crippen LogP contribution in [0.1, 0.15) is 17.4 Å². The molecule has 0 saturated carbocycles. The van der Waals surface area contributed by atoms with Crippen LogP contribution in [0.2, 0.25) is 0 Å². The van der Waals surface area contributed by atoms with Gasteiger partial charge < -0.3 is 0 Å². The Labute approximate surface area is 132 Å². The first-order chi connectivity index (χ1) is 9.57. The van der Waals surface area contributed by atoms with Gasteiger partial charge in [-0.05, 0) is 29.1 Å². The summed E-state index contributed by atoms with van der Waals surface area (Å²) in [4.78, 5) is 1.40. The van der Waals surface area contributed by atoms with Crippen LogP contribution in [-0.2, 0) is 21.9 Å². The van der Waals surface area contributed by atoms with Crippen molar-refractivity contribution in [2.24, 2.45) is 0 Å². The highest BCUT2D eigenvalue weighted by atomic mass is 79.9. The number of alkyl halides is 1. The van der Waals surface area contributed by atoms with Crippen molar-refractivity contribution < 1.29 is 8.42 Å². The number of rotatable bonds is 6. The molecule has 0 aliphatic heterocycles. The second-order valence-corrected chi connectivity index (χ2v) is 7.82. The fourth-order valence-corrected chi connectivity index (χ4v) is 4.44. The first-order valence-corrected chi connectivity index (χ1v) is 9.69. The Morgan fingerprint density at radius 3 is 2.40 bits per heavy atom. The summed E-state index contributed by atoms with van der Waals surface area (Å²) in [5, 5.41) is 2.68. The van der Waals surface area contributed by atoms with Gasteiger partial charge in [0.15, 0.2) is 0 Å². The molecule has 0 atom stereocenters. The summed E-state index contributed by atoms with van der Waals surface area (Å²) in [5.74, 6) is 0. The van der Waals surface area contributed by atoms with Crippen molar-refractivity contribution >= 4 is 37.3 Å². The van der Waals surface area contributed by atoms with Gasteiger partial charge in [0.05, 0.1) is 4.90 Å². The topological polar surface area (TPSA) is 37.4 Å². The van der Waals surface area contributed by atoms with Crippen molar-refractivity contribution in [2.75, 3.05) is 6.54 Å². The second kappa shape index (κ2) is 6.85. The third kappa shape index (κ3) is 3.49. The van der Waals surface area contributed by atoms with Crippen LogP contribution in [0.5, 0.6) is 0 Å². The van der Waals surface area contributed by atoms with E-state index in [4.69, 9.17) is 0 Å². The Bertz CT molecular complexity index is 636. The molecule has 6 heteroatoms. The summed E-state index contributed by atoms with van der Waals surface area (Å²) in [6.07, 6.45) is 0. The van der Waals surface area contributed by atoms with Crippen LogP contribution in [0.25, 0.3) is 0 Å². The zero-order valence-electron chi connectivity index (χ0n) is 11.1. The zero-order valence-corrected chi connectivity index (χ0v) is 14.3. The molecule has 0 fully saturated rings. The van der Waals surface area contributed by atoms with E-state index < -0.39 is 10.0 Å². The molecular formula is C14H16BrNO2S2. The number of hydrogen-bond acceptors (Lipinski definition) is 3. The molecule has 0 radical (unpaired) electrons. The lowest BCUT2D eigenvalue weighted by molar-refractivity contribution is 0.426. The van der Waals surface area contributed by atoms with Crippen LogP contribution < -0.4 is 0 Å². The molecule has 0 aliphatic carbocycles. The molecule has 1 aromatic carbocycles. The van der Waals surface area contributed by atoms with Crippen LogP contribution in [0.4, 0.5) is 0 Å². The molecule has 0 unspecified atom stereocenters. The van der Waals surface area contributed by atoms with Gasteiger partial charge >= 0.3 is 0 Å². The summed E-state index contributed by atoms with van der Waals surface area (Å²) in [5.41, 5.74) is 1.06. The second-order valence-electron chi connectivity index (χ2n) is 4.29. The molecule has 1 aromatic heterocycles. The fraction of sp³-hybridized carbons (Fsp3) is 0.286. The molecule has 0 N–H and O–H groups in total. The molecule has 20 heavy (non-hydrogen) atoms. The van der Waals surface area contributed by atoms with Crippen LogP contribution >= 0.6 is 27.3 Å². The third-order valence-corrected chi connectivity index (χ3v) is 6.42. The Morgan fingerprint density at radius 2 is 1.90 bits per heavy atom. The minimum Gasteiger partial charge on any atom is -0.207 e. The van der Waals surface area contributed by atoms with Gasteiger partial charge in [-0.15, -0.1) is 11.3 Å². The first kappa shape index (κ1) is 15.7. The summed E-state index contributed by atoms with van der Waals surface area (Å²) in [6, 6.07) is 10.9. The lowest BCUT2D eigenvalue weighted by Crippen LogP contribution is -2.30. The Kier molecular flexibility index (Phi) is 5.37. The van der Waals surface area contributed by atoms with Gasteiger partial charge in [0.1, 0.15) is 0 Å². The van der Waals surface area contributed by atoms with Crippen molar-refractivity contribution in [2.45, 2.75) is 23.7 Å². The molecule has 0 saturated heterocycles. The number of halogens is 1. The first-order valence-electron chi connectivity index (χ1n) is 6.25. The van der Waals surface area contributed by atoms with Gasteiger partial charge in [0.25, 0.3) is 0 Å². The molecule has 3 nitrogen and oxygen atoms in total. The van der Waals surface area contributed by atoms with E-state index in [-0.39, 0.29) is 0 Å². The third-order valence-electron chi connectivity index (χ3n) is 2.98. The van der Waals surface area contributed by atoms with Gasteiger partial charge in [-0.25, -0.2) is 8.42 Å². The van der Waals surface area contributed by atoms with E-state index in [2.05, 4.69) is 15.9 Å². The van der Waals surface area contributed by atoms with Crippen LogP contribution in [0.3, 0.4) is 0 Å². The van der Waals surface area contributed by atoms with Gasteiger partial charge in [-0.1, -0.05) is 41.1 Å². The molecule has 0 spiro atoms. The van der Waals surface area contributed by atoms with Gasteiger partial charge in [0.2, 0.25) is 10.0 Å². The number of nitrogens with zero attached hydrogens (tertiary/aromatic N) is 1. The molecule has 108 valence electrons. The van der Waals surface area contributed by atoms with Crippen molar-refractivity contribution in [1.82, 2.24) is 4.31 Å². The van der Waals surface area contributed by atoms with Crippen LogP contribution in [-0.4, -0.2) is 19.3 Å². The predicted molar refractivity (Wildman–Crippen MR) is 86.7 cm³/mol. The maximum Gasteiger partial charge on any atom is 0.243 e. The Morgan fingerprint density at radius 1 is 1.20 bits per heavy atom. The number of hydrogen-bond donors (Lipinski definition) is 0. The molecule has 2 rings (SSSR count). The summed E-state index contributed by atoms with van der Waals surface area (Å²) in [7, 11) is -3.43. The number of thiophene rings is 1. The maximum absolute atomic E-state index is 12.6.